The van der Waals surface area contributed by atoms with Crippen LogP contribution in [-0.2, 0) is 4.74 Å². The molecule has 0 spiro atoms. The molecule has 0 fully saturated rings. The number of carbonyl (C=O) groups excluding carboxylic acids is 1. The van der Waals surface area contributed by atoms with Gasteiger partial charge in [0.1, 0.15) is 6.61 Å². The smallest absolute Gasteiger partial charge is 0.248 e. The molecule has 0 radical (unpaired) electrons. The highest BCUT2D eigenvalue weighted by Gasteiger charge is 2.11. The number of amides is 1. The molecule has 25 heavy (non-hydrogen) atoms. The van der Waals surface area contributed by atoms with Gasteiger partial charge in [-0.15, -0.1) is 0 Å². The SMILES string of the molecule is CCCCOCCOc1nc2cc(C(N)=O)ccc2c2cnccc12. The second-order valence-electron chi connectivity index (χ2n) is 5.75. The van der Waals surface area contributed by atoms with Crippen molar-refractivity contribution in [3.8, 4) is 5.88 Å². The van der Waals surface area contributed by atoms with Crippen LogP contribution >= 0.6 is 0 Å². The molecule has 0 unspecified atom stereocenters. The first-order valence-electron chi connectivity index (χ1n) is 8.38. The summed E-state index contributed by atoms with van der Waals surface area (Å²) in [5.41, 5.74) is 6.43. The lowest BCUT2D eigenvalue weighted by molar-refractivity contribution is 0.0972. The summed E-state index contributed by atoms with van der Waals surface area (Å²) < 4.78 is 11.3. The highest BCUT2D eigenvalue weighted by Crippen LogP contribution is 2.30. The van der Waals surface area contributed by atoms with Crippen LogP contribution in [-0.4, -0.2) is 35.7 Å². The Bertz CT molecular complexity index is 896. The van der Waals surface area contributed by atoms with Crippen molar-refractivity contribution in [1.82, 2.24) is 9.97 Å². The van der Waals surface area contributed by atoms with Crippen molar-refractivity contribution in [2.24, 2.45) is 5.73 Å². The highest BCUT2D eigenvalue weighted by atomic mass is 16.5. The number of hydrogen-bond acceptors (Lipinski definition) is 5. The van der Waals surface area contributed by atoms with E-state index in [2.05, 4.69) is 16.9 Å². The summed E-state index contributed by atoms with van der Waals surface area (Å²) in [6.45, 7) is 3.78. The van der Waals surface area contributed by atoms with Gasteiger partial charge in [-0.3, -0.25) is 9.78 Å². The van der Waals surface area contributed by atoms with E-state index in [0.717, 1.165) is 35.6 Å². The molecule has 1 aromatic carbocycles. The van der Waals surface area contributed by atoms with Crippen LogP contribution in [0.25, 0.3) is 21.7 Å². The number of benzene rings is 1. The van der Waals surface area contributed by atoms with Gasteiger partial charge >= 0.3 is 0 Å². The van der Waals surface area contributed by atoms with Gasteiger partial charge in [0, 0.05) is 40.7 Å². The number of hydrogen-bond donors (Lipinski definition) is 1. The number of ether oxygens (including phenoxy) is 2. The fraction of sp³-hybridized carbons (Fsp3) is 0.316. The van der Waals surface area contributed by atoms with Gasteiger partial charge in [0.2, 0.25) is 11.8 Å². The Labute approximate surface area is 146 Å². The zero-order valence-electron chi connectivity index (χ0n) is 14.2. The van der Waals surface area contributed by atoms with Crippen molar-refractivity contribution in [3.63, 3.8) is 0 Å². The molecule has 0 saturated carbocycles. The third-order valence-corrected chi connectivity index (χ3v) is 3.95. The van der Waals surface area contributed by atoms with Crippen LogP contribution in [0.4, 0.5) is 0 Å². The topological polar surface area (TPSA) is 87.3 Å². The van der Waals surface area contributed by atoms with E-state index in [1.165, 1.54) is 0 Å². The molecule has 0 aliphatic rings. The van der Waals surface area contributed by atoms with Crippen LogP contribution in [0.15, 0.2) is 36.7 Å². The predicted molar refractivity (Wildman–Crippen MR) is 96.8 cm³/mol. The molecule has 3 rings (SSSR count). The lowest BCUT2D eigenvalue weighted by atomic mass is 10.1. The molecule has 0 atom stereocenters. The van der Waals surface area contributed by atoms with E-state index < -0.39 is 5.91 Å². The predicted octanol–water partition coefficient (Wildman–Crippen LogP) is 3.08. The molecule has 0 bridgehead atoms. The van der Waals surface area contributed by atoms with E-state index in [1.54, 1.807) is 24.5 Å². The first-order valence-corrected chi connectivity index (χ1v) is 8.38. The van der Waals surface area contributed by atoms with Gasteiger partial charge in [-0.25, -0.2) is 4.98 Å². The minimum absolute atomic E-state index is 0.412. The van der Waals surface area contributed by atoms with Crippen LogP contribution in [0.3, 0.4) is 0 Å². The van der Waals surface area contributed by atoms with Crippen molar-refractivity contribution >= 4 is 27.6 Å². The zero-order chi connectivity index (χ0) is 17.6. The molecular weight excluding hydrogens is 318 g/mol. The molecule has 2 N–H and O–H groups in total. The molecule has 0 aliphatic carbocycles. The summed E-state index contributed by atoms with van der Waals surface area (Å²) in [5, 5.41) is 2.70. The molecule has 0 saturated heterocycles. The number of nitrogens with two attached hydrogens (primary N) is 1. The molecule has 130 valence electrons. The molecule has 1 amide bonds. The number of nitrogens with zero attached hydrogens (tertiary/aromatic N) is 2. The summed E-state index contributed by atoms with van der Waals surface area (Å²) in [5.74, 6) is 0.0207. The van der Waals surface area contributed by atoms with Crippen molar-refractivity contribution in [3.05, 3.63) is 42.2 Å². The van der Waals surface area contributed by atoms with Gasteiger partial charge in [-0.2, -0.15) is 0 Å². The highest BCUT2D eigenvalue weighted by molar-refractivity contribution is 6.09. The number of carbonyl (C=O) groups is 1. The maximum Gasteiger partial charge on any atom is 0.248 e. The Morgan fingerprint density at radius 3 is 2.80 bits per heavy atom. The van der Waals surface area contributed by atoms with E-state index >= 15 is 0 Å². The fourth-order valence-corrected chi connectivity index (χ4v) is 2.63. The number of pyridine rings is 2. The molecule has 2 aromatic heterocycles. The molecule has 3 aromatic rings. The largest absolute Gasteiger partial charge is 0.475 e. The van der Waals surface area contributed by atoms with Crippen molar-refractivity contribution < 1.29 is 14.3 Å². The van der Waals surface area contributed by atoms with Crippen LogP contribution in [0.5, 0.6) is 5.88 Å². The third-order valence-electron chi connectivity index (χ3n) is 3.95. The minimum Gasteiger partial charge on any atom is -0.475 e. The Hall–Kier alpha value is -2.73. The lowest BCUT2D eigenvalue weighted by Gasteiger charge is -2.11. The molecule has 6 nitrogen and oxygen atoms in total. The number of unbranched alkanes of at least 4 members (excludes halogenated alkanes) is 1. The summed E-state index contributed by atoms with van der Waals surface area (Å²) >= 11 is 0. The Morgan fingerprint density at radius 2 is 2.00 bits per heavy atom. The van der Waals surface area contributed by atoms with Gasteiger partial charge < -0.3 is 15.2 Å². The van der Waals surface area contributed by atoms with Crippen LogP contribution in [0.2, 0.25) is 0 Å². The summed E-state index contributed by atoms with van der Waals surface area (Å²) in [4.78, 5) is 20.2. The van der Waals surface area contributed by atoms with E-state index in [9.17, 15) is 4.79 Å². The van der Waals surface area contributed by atoms with Crippen molar-refractivity contribution in [2.75, 3.05) is 19.8 Å². The lowest BCUT2D eigenvalue weighted by Crippen LogP contribution is -2.11. The van der Waals surface area contributed by atoms with Gasteiger partial charge in [0.25, 0.3) is 0 Å². The van der Waals surface area contributed by atoms with E-state index in [0.29, 0.717) is 30.2 Å². The average molecular weight is 339 g/mol. The molecule has 0 aliphatic heterocycles. The Kier molecular flexibility index (Phi) is 5.40. The minimum atomic E-state index is -0.484. The summed E-state index contributed by atoms with van der Waals surface area (Å²) in [7, 11) is 0. The molecule has 6 heteroatoms. The van der Waals surface area contributed by atoms with Gasteiger partial charge in [-0.1, -0.05) is 19.4 Å². The normalized spacial score (nSPS) is 11.1. The number of aromatic nitrogens is 2. The third kappa shape index (κ3) is 3.85. The Balaban J connectivity index is 1.91. The summed E-state index contributed by atoms with van der Waals surface area (Å²) in [6.07, 6.45) is 5.62. The van der Waals surface area contributed by atoms with Crippen LogP contribution in [0.1, 0.15) is 30.1 Å². The van der Waals surface area contributed by atoms with E-state index in [-0.39, 0.29) is 0 Å². The molecular formula is C19H21N3O3. The quantitative estimate of drug-likeness (QED) is 0.503. The van der Waals surface area contributed by atoms with Crippen LogP contribution in [0, 0.1) is 0 Å². The molecule has 2 heterocycles. The van der Waals surface area contributed by atoms with Gasteiger partial charge in [0.05, 0.1) is 12.1 Å². The van der Waals surface area contributed by atoms with E-state index in [1.807, 2.05) is 12.1 Å². The number of rotatable bonds is 8. The summed E-state index contributed by atoms with van der Waals surface area (Å²) in [6, 6.07) is 7.08. The Morgan fingerprint density at radius 1 is 1.12 bits per heavy atom. The van der Waals surface area contributed by atoms with Crippen molar-refractivity contribution in [1.29, 1.82) is 0 Å². The van der Waals surface area contributed by atoms with E-state index in [4.69, 9.17) is 15.2 Å². The average Bonchev–Trinajstić information content (AvgIpc) is 2.64. The second-order valence-corrected chi connectivity index (χ2v) is 5.75. The maximum atomic E-state index is 11.4. The number of fused-ring (bicyclic) bond motifs is 3. The second kappa shape index (κ2) is 7.90. The maximum absolute atomic E-state index is 11.4. The van der Waals surface area contributed by atoms with Crippen molar-refractivity contribution in [2.45, 2.75) is 19.8 Å². The number of primary amides is 1. The standard InChI is InChI=1S/C19H21N3O3/c1-2-3-8-24-9-10-25-19-15-6-7-21-12-16(15)14-5-4-13(18(20)23)11-17(14)22-19/h4-7,11-12H,2-3,8-10H2,1H3,(H2,20,23). The zero-order valence-corrected chi connectivity index (χ0v) is 14.2. The van der Waals surface area contributed by atoms with Gasteiger partial charge in [0.15, 0.2) is 0 Å². The van der Waals surface area contributed by atoms with Crippen LogP contribution < -0.4 is 10.5 Å². The fourth-order valence-electron chi connectivity index (χ4n) is 2.63. The first-order chi connectivity index (χ1) is 12.2. The first kappa shape index (κ1) is 17.1. The van der Waals surface area contributed by atoms with Gasteiger partial charge in [-0.05, 0) is 24.6 Å². The monoisotopic (exact) mass is 339 g/mol.